The molecule has 1 unspecified atom stereocenters. The van der Waals surface area contributed by atoms with Crippen LogP contribution in [0, 0.1) is 0 Å². The summed E-state index contributed by atoms with van der Waals surface area (Å²) in [5, 5.41) is 0. The molecule has 0 radical (unpaired) electrons. The van der Waals surface area contributed by atoms with Crippen molar-refractivity contribution in [3.63, 3.8) is 0 Å². The fourth-order valence-corrected chi connectivity index (χ4v) is 3.69. The van der Waals surface area contributed by atoms with Gasteiger partial charge in [-0.1, -0.05) is 54.6 Å². The number of rotatable bonds is 5. The van der Waals surface area contributed by atoms with Crippen LogP contribution in [0.4, 0.5) is 0 Å². The molecule has 1 aliphatic heterocycles. The first-order chi connectivity index (χ1) is 14.9. The smallest absolute Gasteiger partial charge is 0.494 e. The van der Waals surface area contributed by atoms with Gasteiger partial charge in [0.25, 0.3) is 0 Å². The minimum atomic E-state index is -1.05. The maximum absolute atomic E-state index is 11.9. The summed E-state index contributed by atoms with van der Waals surface area (Å²) in [6, 6.07) is 7.04. The second kappa shape index (κ2) is 11.9. The third-order valence-corrected chi connectivity index (χ3v) is 4.92. The van der Waals surface area contributed by atoms with Gasteiger partial charge in [0.1, 0.15) is 11.9 Å². The summed E-state index contributed by atoms with van der Waals surface area (Å²) in [6.07, 6.45) is 5.68. The quantitative estimate of drug-likeness (QED) is 0.586. The molecule has 8 heteroatoms. The van der Waals surface area contributed by atoms with Gasteiger partial charge in [0.2, 0.25) is 0 Å². The van der Waals surface area contributed by atoms with Gasteiger partial charge in [0, 0.05) is 5.46 Å². The molecular formula is C23H29BBrNO5. The fraction of sp³-hybridized carbons (Fsp3) is 0.391. The number of halogens is 1. The van der Waals surface area contributed by atoms with Crippen LogP contribution in [0.15, 0.2) is 58.6 Å². The number of hydrogen-bond donors (Lipinski definition) is 0. The van der Waals surface area contributed by atoms with Crippen molar-refractivity contribution in [1.29, 1.82) is 0 Å². The van der Waals surface area contributed by atoms with E-state index < -0.39 is 19.1 Å². The van der Waals surface area contributed by atoms with E-state index in [4.69, 9.17) is 14.0 Å². The zero-order valence-corrected chi connectivity index (χ0v) is 20.1. The molecule has 0 aromatic heterocycles. The van der Waals surface area contributed by atoms with E-state index in [0.717, 1.165) is 22.9 Å². The molecule has 0 spiro atoms. The van der Waals surface area contributed by atoms with Gasteiger partial charge in [0.05, 0.1) is 13.1 Å². The Bertz CT molecular complexity index is 841. The van der Waals surface area contributed by atoms with Crippen LogP contribution in [0.3, 0.4) is 0 Å². The largest absolute Gasteiger partial charge is 0.636 e. The lowest BCUT2D eigenvalue weighted by atomic mass is 9.78. The van der Waals surface area contributed by atoms with Crippen LogP contribution in [0.1, 0.15) is 33.6 Å². The van der Waals surface area contributed by atoms with E-state index in [1.165, 1.54) is 5.57 Å². The third kappa shape index (κ3) is 7.11. The minimum Gasteiger partial charge on any atom is -0.494 e. The first-order valence-electron chi connectivity index (χ1n) is 10.4. The highest BCUT2D eigenvalue weighted by Crippen LogP contribution is 2.32. The molecule has 1 fully saturated rings. The average molecular weight is 490 g/mol. The highest BCUT2D eigenvalue weighted by atomic mass is 79.9. The predicted molar refractivity (Wildman–Crippen MR) is 126 cm³/mol. The maximum Gasteiger partial charge on any atom is 0.636 e. The van der Waals surface area contributed by atoms with Crippen LogP contribution in [-0.4, -0.2) is 50.2 Å². The zero-order chi connectivity index (χ0) is 23.0. The van der Waals surface area contributed by atoms with Gasteiger partial charge in [-0.25, -0.2) is 0 Å². The molecule has 2 aliphatic rings. The van der Waals surface area contributed by atoms with E-state index in [0.29, 0.717) is 11.2 Å². The molecule has 1 atom stereocenters. The Hall–Kier alpha value is -2.32. The molecule has 0 bridgehead atoms. The SMILES string of the molecule is C=CC1=C(/C=C(\C)Br)CCC1Oc1ccc(B2OC(=O)CN(C)CC(=O)O2)cc1.CC. The molecule has 0 amide bonds. The number of likely N-dealkylation sites (N-methyl/N-ethyl adjacent to an activating group) is 1. The third-order valence-electron chi connectivity index (χ3n) is 4.69. The molecule has 1 aromatic carbocycles. The number of allylic oxidation sites excluding steroid dienone is 3. The van der Waals surface area contributed by atoms with Crippen molar-refractivity contribution in [2.24, 2.45) is 0 Å². The maximum atomic E-state index is 11.9. The van der Waals surface area contributed by atoms with Crippen molar-refractivity contribution in [3.05, 3.63) is 58.6 Å². The summed E-state index contributed by atoms with van der Waals surface area (Å²) in [5.41, 5.74) is 2.88. The van der Waals surface area contributed by atoms with Gasteiger partial charge in [-0.15, -0.1) is 0 Å². The highest BCUT2D eigenvalue weighted by molar-refractivity contribution is 9.11. The first kappa shape index (κ1) is 24.9. The molecule has 6 nitrogen and oxygen atoms in total. The second-order valence-electron chi connectivity index (χ2n) is 7.11. The lowest BCUT2D eigenvalue weighted by Gasteiger charge is -2.22. The molecule has 1 saturated heterocycles. The number of benzene rings is 1. The molecule has 166 valence electrons. The van der Waals surface area contributed by atoms with Crippen LogP contribution in [-0.2, 0) is 18.9 Å². The van der Waals surface area contributed by atoms with Gasteiger partial charge in [-0.3, -0.25) is 14.5 Å². The van der Waals surface area contributed by atoms with Gasteiger partial charge < -0.3 is 14.0 Å². The Morgan fingerprint density at radius 2 is 1.77 bits per heavy atom. The molecule has 1 aromatic rings. The number of ether oxygens (including phenoxy) is 1. The summed E-state index contributed by atoms with van der Waals surface area (Å²) < 4.78 is 17.8. The van der Waals surface area contributed by atoms with Crippen molar-refractivity contribution in [2.45, 2.75) is 39.7 Å². The summed E-state index contributed by atoms with van der Waals surface area (Å²) in [5.74, 6) is -0.207. The Balaban J connectivity index is 0.00000166. The van der Waals surface area contributed by atoms with E-state index in [9.17, 15) is 9.59 Å². The monoisotopic (exact) mass is 489 g/mol. The summed E-state index contributed by atoms with van der Waals surface area (Å²) >= 11 is 3.47. The van der Waals surface area contributed by atoms with E-state index in [1.54, 1.807) is 36.2 Å². The second-order valence-corrected chi connectivity index (χ2v) is 8.36. The highest BCUT2D eigenvalue weighted by Gasteiger charge is 2.33. The predicted octanol–water partition coefficient (Wildman–Crippen LogP) is 3.76. The number of nitrogens with zero attached hydrogens (tertiary/aromatic N) is 1. The van der Waals surface area contributed by atoms with Crippen molar-refractivity contribution in [1.82, 2.24) is 4.90 Å². The minimum absolute atomic E-state index is 0.0375. The normalized spacial score (nSPS) is 20.2. The van der Waals surface area contributed by atoms with Gasteiger partial charge >= 0.3 is 19.1 Å². The molecule has 0 saturated carbocycles. The van der Waals surface area contributed by atoms with E-state index in [1.807, 2.05) is 26.8 Å². The van der Waals surface area contributed by atoms with Crippen LogP contribution < -0.4 is 10.2 Å². The zero-order valence-electron chi connectivity index (χ0n) is 18.5. The van der Waals surface area contributed by atoms with Crippen LogP contribution >= 0.6 is 15.9 Å². The fourth-order valence-electron chi connectivity index (χ4n) is 3.41. The average Bonchev–Trinajstić information content (AvgIpc) is 3.08. The van der Waals surface area contributed by atoms with E-state index in [2.05, 4.69) is 28.6 Å². The summed E-state index contributed by atoms with van der Waals surface area (Å²) in [6.45, 7) is 9.99. The van der Waals surface area contributed by atoms with Crippen molar-refractivity contribution >= 4 is 40.4 Å². The Kier molecular flexibility index (Phi) is 9.59. The van der Waals surface area contributed by atoms with E-state index in [-0.39, 0.29) is 19.2 Å². The van der Waals surface area contributed by atoms with Crippen molar-refractivity contribution in [2.75, 3.05) is 20.1 Å². The molecule has 1 aliphatic carbocycles. The topological polar surface area (TPSA) is 65.1 Å². The van der Waals surface area contributed by atoms with Gasteiger partial charge in [0.15, 0.2) is 0 Å². The molecule has 31 heavy (non-hydrogen) atoms. The molecule has 0 N–H and O–H groups in total. The Morgan fingerprint density at radius 3 is 2.29 bits per heavy atom. The molecule has 3 rings (SSSR count). The number of carbonyl (C=O) groups excluding carboxylic acids is 2. The summed E-state index contributed by atoms with van der Waals surface area (Å²) in [4.78, 5) is 25.4. The van der Waals surface area contributed by atoms with Crippen molar-refractivity contribution in [3.8, 4) is 5.75 Å². The van der Waals surface area contributed by atoms with Gasteiger partial charge in [-0.05, 0) is 60.7 Å². The lowest BCUT2D eigenvalue weighted by Crippen LogP contribution is -2.47. The molecule has 1 heterocycles. The van der Waals surface area contributed by atoms with Gasteiger partial charge in [-0.2, -0.15) is 0 Å². The first-order valence-corrected chi connectivity index (χ1v) is 11.2. The van der Waals surface area contributed by atoms with E-state index >= 15 is 0 Å². The Labute approximate surface area is 193 Å². The number of carbonyl (C=O) groups is 2. The van der Waals surface area contributed by atoms with Crippen LogP contribution in [0.25, 0.3) is 0 Å². The Morgan fingerprint density at radius 1 is 1.19 bits per heavy atom. The van der Waals surface area contributed by atoms with Crippen LogP contribution in [0.5, 0.6) is 5.75 Å². The molecular weight excluding hydrogens is 461 g/mol. The standard InChI is InChI=1S/C21H23BBrNO5.C2H6/c1-4-18-15(11-14(2)23)5-10-19(18)27-17-8-6-16(7-9-17)22-28-20(25)12-24(3)13-21(26)29-22;1-2/h4,6-9,11,19H,1,5,10,12-13H2,2-3H3;1-2H3/b14-11+;. The lowest BCUT2D eigenvalue weighted by molar-refractivity contribution is -0.145. The summed E-state index contributed by atoms with van der Waals surface area (Å²) in [7, 11) is 0.608. The van der Waals surface area contributed by atoms with Crippen LogP contribution in [0.2, 0.25) is 0 Å². The number of hydrogen-bond acceptors (Lipinski definition) is 6. The van der Waals surface area contributed by atoms with Crippen molar-refractivity contribution < 1.29 is 23.6 Å².